The number of carbonyl (C=O) groups is 1. The Morgan fingerprint density at radius 2 is 1.50 bits per heavy atom. The van der Waals surface area contributed by atoms with Gasteiger partial charge in [-0.05, 0) is 65.9 Å². The van der Waals surface area contributed by atoms with Crippen molar-refractivity contribution in [1.29, 1.82) is 0 Å². The number of anilines is 1. The van der Waals surface area contributed by atoms with E-state index >= 15 is 0 Å². The third-order valence-electron chi connectivity index (χ3n) is 6.40. The maximum Gasteiger partial charge on any atom is 0.416 e. The summed E-state index contributed by atoms with van der Waals surface area (Å²) in [6, 6.07) is 11.9. The van der Waals surface area contributed by atoms with Gasteiger partial charge in [0.15, 0.2) is 0 Å². The van der Waals surface area contributed by atoms with E-state index in [9.17, 15) is 49.8 Å². The van der Waals surface area contributed by atoms with Crippen molar-refractivity contribution >= 4 is 21.6 Å². The summed E-state index contributed by atoms with van der Waals surface area (Å²) in [5.74, 6) is -0.895. The second-order valence-electron chi connectivity index (χ2n) is 10.4. The maximum atomic E-state index is 13.1. The lowest BCUT2D eigenvalue weighted by Gasteiger charge is -2.19. The predicted molar refractivity (Wildman–Crippen MR) is 151 cm³/mol. The molecule has 15 heteroatoms. The minimum absolute atomic E-state index is 0.0239. The van der Waals surface area contributed by atoms with E-state index in [4.69, 9.17) is 0 Å². The number of phenols is 1. The van der Waals surface area contributed by atoms with Crippen LogP contribution >= 0.6 is 0 Å². The van der Waals surface area contributed by atoms with Crippen LogP contribution in [-0.2, 0) is 46.6 Å². The molecule has 0 spiro atoms. The highest BCUT2D eigenvalue weighted by atomic mass is 32.2. The Kier molecular flexibility index (Phi) is 10.9. The molecule has 44 heavy (non-hydrogen) atoms. The van der Waals surface area contributed by atoms with Crippen molar-refractivity contribution in [3.8, 4) is 5.75 Å². The van der Waals surface area contributed by atoms with Gasteiger partial charge in [-0.25, -0.2) is 8.42 Å². The van der Waals surface area contributed by atoms with Crippen LogP contribution in [0.15, 0.2) is 60.7 Å². The normalized spacial score (nSPS) is 13.8. The number of hydrogen-bond acceptors (Lipinski definition) is 6. The molecule has 3 aromatic carbocycles. The molecular formula is C29H31F6N3O5S. The zero-order valence-electron chi connectivity index (χ0n) is 23.6. The number of nitrogens with one attached hydrogen (secondary N) is 3. The third kappa shape index (κ3) is 10.7. The van der Waals surface area contributed by atoms with Crippen molar-refractivity contribution in [1.82, 2.24) is 10.6 Å². The Morgan fingerprint density at radius 3 is 2.09 bits per heavy atom. The zero-order chi connectivity index (χ0) is 32.9. The molecular weight excluding hydrogens is 616 g/mol. The van der Waals surface area contributed by atoms with Crippen LogP contribution in [-0.4, -0.2) is 43.4 Å². The van der Waals surface area contributed by atoms with Gasteiger partial charge in [-0.1, -0.05) is 30.3 Å². The Hall–Kier alpha value is -3.82. The number of aromatic hydroxyl groups is 1. The van der Waals surface area contributed by atoms with Gasteiger partial charge < -0.3 is 20.8 Å². The quantitative estimate of drug-likeness (QED) is 0.140. The molecule has 0 radical (unpaired) electrons. The van der Waals surface area contributed by atoms with Gasteiger partial charge >= 0.3 is 12.4 Å². The van der Waals surface area contributed by atoms with E-state index in [1.165, 1.54) is 18.2 Å². The van der Waals surface area contributed by atoms with Gasteiger partial charge in [0.05, 0.1) is 35.6 Å². The smallest absolute Gasteiger partial charge is 0.416 e. The van der Waals surface area contributed by atoms with Crippen molar-refractivity contribution in [2.45, 2.75) is 50.8 Å². The van der Waals surface area contributed by atoms with E-state index < -0.39 is 52.1 Å². The number of aliphatic hydroxyl groups is 1. The van der Waals surface area contributed by atoms with Gasteiger partial charge in [0.25, 0.3) is 0 Å². The minimum Gasteiger partial charge on any atom is -0.506 e. The number of sulfonamides is 1. The molecule has 3 rings (SSSR count). The maximum absolute atomic E-state index is 13.1. The van der Waals surface area contributed by atoms with Gasteiger partial charge in [-0.15, -0.1) is 0 Å². The number of aliphatic hydroxyl groups excluding tert-OH is 1. The number of halogens is 6. The number of carbonyl (C=O) groups excluding carboxylic acids is 1. The average molecular weight is 648 g/mol. The van der Waals surface area contributed by atoms with Gasteiger partial charge in [-0.2, -0.15) is 26.3 Å². The van der Waals surface area contributed by atoms with E-state index in [0.717, 1.165) is 11.8 Å². The molecule has 0 saturated carbocycles. The monoisotopic (exact) mass is 647 g/mol. The number of hydrogen-bond donors (Lipinski definition) is 5. The van der Waals surface area contributed by atoms with E-state index in [2.05, 4.69) is 15.4 Å². The summed E-state index contributed by atoms with van der Waals surface area (Å²) in [6.45, 7) is 1.42. The van der Waals surface area contributed by atoms with Crippen LogP contribution in [0.4, 0.5) is 32.0 Å². The average Bonchev–Trinajstić information content (AvgIpc) is 2.90. The fourth-order valence-corrected chi connectivity index (χ4v) is 4.90. The molecule has 0 fully saturated rings. The molecule has 0 aliphatic heterocycles. The second-order valence-corrected chi connectivity index (χ2v) is 12.1. The minimum atomic E-state index is -4.99. The number of alkyl halides is 6. The standard InChI is InChI=1S/C29H31F6N3O5S/c1-17(36-16-26(40)21-6-7-25(39)24(13-21)38-44(2,42)43)8-18-4-3-5-19(9-18)12-27(41)37-15-20-10-22(28(30,31)32)14-23(11-20)29(33,34)35/h3-7,9-11,13-14,17,26,36,38-40H,8,12,15-16H2,1-2H3,(H,37,41)/t17-,26+/m1/s1. The lowest BCUT2D eigenvalue weighted by Crippen LogP contribution is -2.32. The summed E-state index contributed by atoms with van der Waals surface area (Å²) < 4.78 is 104. The van der Waals surface area contributed by atoms with E-state index in [0.29, 0.717) is 29.7 Å². The molecule has 0 heterocycles. The van der Waals surface area contributed by atoms with Crippen molar-refractivity contribution < 1.29 is 49.8 Å². The molecule has 0 bridgehead atoms. The first-order valence-corrected chi connectivity index (χ1v) is 15.0. The first-order chi connectivity index (χ1) is 20.3. The predicted octanol–water partition coefficient (Wildman–Crippen LogP) is 4.91. The molecule has 0 aromatic heterocycles. The largest absolute Gasteiger partial charge is 0.506 e. The summed E-state index contributed by atoms with van der Waals surface area (Å²) in [4.78, 5) is 12.5. The number of benzene rings is 3. The Morgan fingerprint density at radius 1 is 0.886 bits per heavy atom. The van der Waals surface area contributed by atoms with Gasteiger partial charge in [0.1, 0.15) is 5.75 Å². The van der Waals surface area contributed by atoms with Crippen LogP contribution < -0.4 is 15.4 Å². The Bertz CT molecular complexity index is 1550. The fourth-order valence-electron chi connectivity index (χ4n) is 4.34. The summed E-state index contributed by atoms with van der Waals surface area (Å²) in [5, 5.41) is 25.9. The second kappa shape index (κ2) is 13.9. The highest BCUT2D eigenvalue weighted by Gasteiger charge is 2.36. The third-order valence-corrected chi connectivity index (χ3v) is 6.99. The molecule has 8 nitrogen and oxygen atoms in total. The molecule has 5 N–H and O–H groups in total. The molecule has 2 atom stereocenters. The van der Waals surface area contributed by atoms with Crippen LogP contribution in [0.2, 0.25) is 0 Å². The van der Waals surface area contributed by atoms with Crippen molar-refractivity contribution in [3.05, 3.63) is 94.0 Å². The first-order valence-electron chi connectivity index (χ1n) is 13.1. The Labute approximate surface area is 250 Å². The fraction of sp³-hybridized carbons (Fsp3) is 0.345. The number of rotatable bonds is 12. The van der Waals surface area contributed by atoms with Gasteiger partial charge in [-0.3, -0.25) is 9.52 Å². The van der Waals surface area contributed by atoms with E-state index in [1.54, 1.807) is 24.3 Å². The Balaban J connectivity index is 1.56. The molecule has 0 aliphatic carbocycles. The van der Waals surface area contributed by atoms with Crippen molar-refractivity contribution in [2.75, 3.05) is 17.5 Å². The lowest BCUT2D eigenvalue weighted by atomic mass is 10.0. The summed E-state index contributed by atoms with van der Waals surface area (Å²) in [5.41, 5.74) is -1.58. The molecule has 0 saturated heterocycles. The topological polar surface area (TPSA) is 128 Å². The van der Waals surface area contributed by atoms with Crippen LogP contribution in [0, 0.1) is 0 Å². The van der Waals surface area contributed by atoms with Crippen LogP contribution in [0.25, 0.3) is 0 Å². The molecule has 3 aromatic rings. The number of amides is 1. The van der Waals surface area contributed by atoms with Crippen LogP contribution in [0.5, 0.6) is 5.75 Å². The molecule has 0 aliphatic rings. The van der Waals surface area contributed by atoms with Gasteiger partial charge in [0, 0.05) is 19.1 Å². The van der Waals surface area contributed by atoms with E-state index in [-0.39, 0.29) is 42.1 Å². The van der Waals surface area contributed by atoms with Crippen LogP contribution in [0.1, 0.15) is 46.4 Å². The van der Waals surface area contributed by atoms with Crippen molar-refractivity contribution in [3.63, 3.8) is 0 Å². The summed E-state index contributed by atoms with van der Waals surface area (Å²) >= 11 is 0. The van der Waals surface area contributed by atoms with E-state index in [1.807, 2.05) is 6.92 Å². The highest BCUT2D eigenvalue weighted by molar-refractivity contribution is 7.92. The SMILES string of the molecule is C[C@H](Cc1cccc(CC(=O)NCc2cc(C(F)(F)F)cc(C(F)(F)F)c2)c1)NC[C@H](O)c1ccc(O)c(NS(C)(=O)=O)c1. The summed E-state index contributed by atoms with van der Waals surface area (Å²) in [7, 11) is -3.65. The zero-order valence-corrected chi connectivity index (χ0v) is 24.4. The first kappa shape index (κ1) is 34.7. The van der Waals surface area contributed by atoms with Crippen LogP contribution in [0.3, 0.4) is 0 Å². The highest BCUT2D eigenvalue weighted by Crippen LogP contribution is 2.36. The summed E-state index contributed by atoms with van der Waals surface area (Å²) in [6.07, 6.45) is -9.77. The number of phenolic OH excluding ortho intramolecular Hbond substituents is 1. The van der Waals surface area contributed by atoms with Crippen molar-refractivity contribution in [2.24, 2.45) is 0 Å². The lowest BCUT2D eigenvalue weighted by molar-refractivity contribution is -0.143. The molecule has 0 unspecified atom stereocenters. The molecule has 240 valence electrons. The molecule has 1 amide bonds. The van der Waals surface area contributed by atoms with Gasteiger partial charge in [0.2, 0.25) is 15.9 Å².